The van der Waals surface area contributed by atoms with Gasteiger partial charge in [-0.15, -0.1) is 0 Å². The second-order valence-electron chi connectivity index (χ2n) is 7.67. The molecule has 1 aromatic carbocycles. The number of hydrogen-bond donors (Lipinski definition) is 0. The predicted molar refractivity (Wildman–Crippen MR) is 107 cm³/mol. The van der Waals surface area contributed by atoms with Gasteiger partial charge in [0.1, 0.15) is 0 Å². The van der Waals surface area contributed by atoms with E-state index in [9.17, 15) is 4.79 Å². The van der Waals surface area contributed by atoms with E-state index in [0.717, 1.165) is 53.9 Å². The van der Waals surface area contributed by atoms with Crippen molar-refractivity contribution in [3.05, 3.63) is 58.4 Å². The van der Waals surface area contributed by atoms with E-state index in [2.05, 4.69) is 41.3 Å². The minimum absolute atomic E-state index is 0.0971. The summed E-state index contributed by atoms with van der Waals surface area (Å²) in [6, 6.07) is 10.4. The van der Waals surface area contributed by atoms with Crippen molar-refractivity contribution >= 4 is 16.9 Å². The Balaban J connectivity index is 1.69. The molecule has 0 spiro atoms. The lowest BCUT2D eigenvalue weighted by Crippen LogP contribution is -2.39. The van der Waals surface area contributed by atoms with Crippen LogP contribution in [0.3, 0.4) is 0 Å². The largest absolute Gasteiger partial charge is 0.338 e. The van der Waals surface area contributed by atoms with E-state index < -0.39 is 0 Å². The topological polar surface area (TPSA) is 51.0 Å². The summed E-state index contributed by atoms with van der Waals surface area (Å²) < 4.78 is 1.76. The highest BCUT2D eigenvalue weighted by molar-refractivity contribution is 6.06. The molecular weight excluding hydrogens is 336 g/mol. The van der Waals surface area contributed by atoms with Crippen molar-refractivity contribution in [3.63, 3.8) is 0 Å². The van der Waals surface area contributed by atoms with Crippen molar-refractivity contribution < 1.29 is 4.79 Å². The summed E-state index contributed by atoms with van der Waals surface area (Å²) in [5.41, 5.74) is 5.89. The third-order valence-electron chi connectivity index (χ3n) is 5.66. The monoisotopic (exact) mass is 362 g/mol. The number of amides is 1. The van der Waals surface area contributed by atoms with Gasteiger partial charge in [-0.05, 0) is 50.8 Å². The third kappa shape index (κ3) is 3.11. The number of aromatic nitrogens is 3. The molecule has 0 unspecified atom stereocenters. The van der Waals surface area contributed by atoms with Crippen molar-refractivity contribution in [1.29, 1.82) is 0 Å². The summed E-state index contributed by atoms with van der Waals surface area (Å²) in [6.45, 7) is 7.62. The molecule has 1 atom stereocenters. The molecule has 1 fully saturated rings. The summed E-state index contributed by atoms with van der Waals surface area (Å²) in [7, 11) is 1.88. The molecule has 1 aliphatic rings. The molecule has 140 valence electrons. The van der Waals surface area contributed by atoms with Crippen LogP contribution in [0.25, 0.3) is 11.0 Å². The normalized spacial score (nSPS) is 17.5. The fourth-order valence-corrected chi connectivity index (χ4v) is 4.37. The van der Waals surface area contributed by atoms with Gasteiger partial charge in [-0.2, -0.15) is 5.10 Å². The van der Waals surface area contributed by atoms with Gasteiger partial charge in [-0.25, -0.2) is 4.98 Å². The molecular formula is C22H26N4O. The van der Waals surface area contributed by atoms with Crippen LogP contribution < -0.4 is 0 Å². The molecule has 1 aliphatic heterocycles. The van der Waals surface area contributed by atoms with Crippen molar-refractivity contribution in [3.8, 4) is 0 Å². The van der Waals surface area contributed by atoms with E-state index in [1.807, 2.05) is 31.9 Å². The Morgan fingerprint density at radius 3 is 2.74 bits per heavy atom. The molecule has 5 heteroatoms. The molecule has 3 aromatic rings. The van der Waals surface area contributed by atoms with Crippen molar-refractivity contribution in [1.82, 2.24) is 19.7 Å². The number of likely N-dealkylation sites (tertiary alicyclic amines) is 1. The molecule has 0 bridgehead atoms. The zero-order valence-electron chi connectivity index (χ0n) is 16.5. The highest BCUT2D eigenvalue weighted by Crippen LogP contribution is 2.31. The van der Waals surface area contributed by atoms with Gasteiger partial charge in [0.2, 0.25) is 0 Å². The lowest BCUT2D eigenvalue weighted by atomic mass is 9.87. The first kappa shape index (κ1) is 17.7. The Bertz CT molecular complexity index is 1020. The molecule has 1 amide bonds. The van der Waals surface area contributed by atoms with Crippen molar-refractivity contribution in [2.75, 3.05) is 13.1 Å². The number of carbonyl (C=O) groups is 1. The number of pyridine rings is 1. The smallest absolute Gasteiger partial charge is 0.254 e. The molecule has 2 aromatic heterocycles. The molecule has 27 heavy (non-hydrogen) atoms. The average Bonchev–Trinajstić information content (AvgIpc) is 2.94. The van der Waals surface area contributed by atoms with Crippen LogP contribution in [0.15, 0.2) is 30.3 Å². The van der Waals surface area contributed by atoms with Gasteiger partial charge in [0, 0.05) is 31.7 Å². The minimum atomic E-state index is 0.0971. The van der Waals surface area contributed by atoms with Gasteiger partial charge in [0.05, 0.1) is 16.6 Å². The van der Waals surface area contributed by atoms with E-state index in [1.54, 1.807) is 4.68 Å². The number of rotatable bonds is 2. The fraction of sp³-hybridized carbons (Fsp3) is 0.409. The van der Waals surface area contributed by atoms with Gasteiger partial charge in [-0.3, -0.25) is 9.48 Å². The highest BCUT2D eigenvalue weighted by atomic mass is 16.2. The maximum atomic E-state index is 13.5. The number of fused-ring (bicyclic) bond motifs is 1. The van der Waals surface area contributed by atoms with Crippen LogP contribution >= 0.6 is 0 Å². The van der Waals surface area contributed by atoms with Gasteiger partial charge >= 0.3 is 0 Å². The quantitative estimate of drug-likeness (QED) is 0.694. The Kier molecular flexibility index (Phi) is 4.46. The Morgan fingerprint density at radius 1 is 1.19 bits per heavy atom. The third-order valence-corrected chi connectivity index (χ3v) is 5.66. The van der Waals surface area contributed by atoms with Crippen LogP contribution in [0, 0.1) is 20.8 Å². The molecule has 5 nitrogen and oxygen atoms in total. The number of carbonyl (C=O) groups excluding carboxylic acids is 1. The number of nitrogens with zero attached hydrogens (tertiary/aromatic N) is 4. The van der Waals surface area contributed by atoms with Gasteiger partial charge < -0.3 is 4.90 Å². The summed E-state index contributed by atoms with van der Waals surface area (Å²) in [5.74, 6) is 0.497. The lowest BCUT2D eigenvalue weighted by molar-refractivity contribution is 0.0708. The number of piperidine rings is 1. The Labute approximate surface area is 160 Å². The summed E-state index contributed by atoms with van der Waals surface area (Å²) in [5, 5.41) is 5.36. The zero-order chi connectivity index (χ0) is 19.1. The molecule has 1 saturated heterocycles. The van der Waals surface area contributed by atoms with E-state index in [0.29, 0.717) is 5.92 Å². The first-order valence-electron chi connectivity index (χ1n) is 9.61. The first-order valence-corrected chi connectivity index (χ1v) is 9.61. The van der Waals surface area contributed by atoms with Crippen molar-refractivity contribution in [2.45, 2.75) is 39.5 Å². The van der Waals surface area contributed by atoms with E-state index in [4.69, 9.17) is 0 Å². The summed E-state index contributed by atoms with van der Waals surface area (Å²) in [6.07, 6.45) is 2.16. The summed E-state index contributed by atoms with van der Waals surface area (Å²) >= 11 is 0. The highest BCUT2D eigenvalue weighted by Gasteiger charge is 2.28. The van der Waals surface area contributed by atoms with Gasteiger partial charge in [0.25, 0.3) is 5.91 Å². The average molecular weight is 362 g/mol. The van der Waals surface area contributed by atoms with Crippen LogP contribution in [0.4, 0.5) is 0 Å². The van der Waals surface area contributed by atoms with E-state index in [1.165, 1.54) is 11.1 Å². The molecule has 0 saturated carbocycles. The molecule has 0 radical (unpaired) electrons. The van der Waals surface area contributed by atoms with Crippen LogP contribution in [0.5, 0.6) is 0 Å². The zero-order valence-corrected chi connectivity index (χ0v) is 16.5. The molecule has 0 aliphatic carbocycles. The van der Waals surface area contributed by atoms with Crippen molar-refractivity contribution in [2.24, 2.45) is 7.05 Å². The molecule has 4 rings (SSSR count). The van der Waals surface area contributed by atoms with E-state index in [-0.39, 0.29) is 5.91 Å². The maximum Gasteiger partial charge on any atom is 0.254 e. The van der Waals surface area contributed by atoms with Gasteiger partial charge in [0.15, 0.2) is 5.65 Å². The first-order chi connectivity index (χ1) is 13.0. The second kappa shape index (κ2) is 6.80. The minimum Gasteiger partial charge on any atom is -0.338 e. The molecule has 3 heterocycles. The number of aryl methyl sites for hydroxylation is 4. The second-order valence-corrected chi connectivity index (χ2v) is 7.67. The predicted octanol–water partition coefficient (Wildman–Crippen LogP) is 3.91. The molecule has 0 N–H and O–H groups in total. The van der Waals surface area contributed by atoms with Crippen LogP contribution in [-0.2, 0) is 7.05 Å². The Hall–Kier alpha value is -2.69. The number of benzene rings is 1. The lowest BCUT2D eigenvalue weighted by Gasteiger charge is -2.34. The van der Waals surface area contributed by atoms with Gasteiger partial charge in [-0.1, -0.05) is 24.3 Å². The fourth-order valence-electron chi connectivity index (χ4n) is 4.37. The SMILES string of the molecule is Cc1cc(C(=O)N2CCC[C@H](c3ccccc3C)C2)c2c(C)nn(C)c2n1. The van der Waals surface area contributed by atoms with Crippen LogP contribution in [0.1, 0.15) is 51.6 Å². The maximum absolute atomic E-state index is 13.5. The van der Waals surface area contributed by atoms with Crippen LogP contribution in [-0.4, -0.2) is 38.7 Å². The van der Waals surface area contributed by atoms with Crippen LogP contribution in [0.2, 0.25) is 0 Å². The summed E-state index contributed by atoms with van der Waals surface area (Å²) in [4.78, 5) is 20.1. The Morgan fingerprint density at radius 2 is 1.96 bits per heavy atom. The van der Waals surface area contributed by atoms with E-state index >= 15 is 0 Å². The number of hydrogen-bond acceptors (Lipinski definition) is 3. The standard InChI is InChI=1S/C22H26N4O/c1-14-8-5-6-10-18(14)17-9-7-11-26(13-17)22(27)19-12-15(2)23-21-20(19)16(3)24-25(21)4/h5-6,8,10,12,17H,7,9,11,13H2,1-4H3/t17-/m0/s1.